The summed E-state index contributed by atoms with van der Waals surface area (Å²) in [6, 6.07) is 7.66. The van der Waals surface area contributed by atoms with Gasteiger partial charge in [0.1, 0.15) is 5.75 Å². The molecule has 114 valence electrons. The number of nitrogens with one attached hydrogen (secondary N) is 1. The van der Waals surface area contributed by atoms with E-state index in [-0.39, 0.29) is 18.4 Å². The quantitative estimate of drug-likeness (QED) is 0.878. The van der Waals surface area contributed by atoms with Gasteiger partial charge in [0.2, 0.25) is 5.91 Å². The fraction of sp³-hybridized carbons (Fsp3) is 0.562. The fourth-order valence-electron chi connectivity index (χ4n) is 3.05. The van der Waals surface area contributed by atoms with E-state index in [9.17, 15) is 9.90 Å². The Bertz CT molecular complexity index is 511. The molecule has 5 heteroatoms. The van der Waals surface area contributed by atoms with Crippen molar-refractivity contribution in [2.24, 2.45) is 0 Å². The third-order valence-electron chi connectivity index (χ3n) is 4.42. The van der Waals surface area contributed by atoms with E-state index in [1.165, 1.54) is 0 Å². The first-order valence-electron chi connectivity index (χ1n) is 7.46. The molecule has 2 aliphatic rings. The van der Waals surface area contributed by atoms with Crippen LogP contribution < -0.4 is 10.1 Å². The first-order chi connectivity index (χ1) is 10.2. The van der Waals surface area contributed by atoms with E-state index in [1.807, 2.05) is 24.3 Å². The van der Waals surface area contributed by atoms with Crippen LogP contribution in [0.5, 0.6) is 5.75 Å². The largest absolute Gasteiger partial charge is 0.493 e. The van der Waals surface area contributed by atoms with Crippen molar-refractivity contribution in [2.75, 3.05) is 26.4 Å². The monoisotopic (exact) mass is 291 g/mol. The normalized spacial score (nSPS) is 23.8. The maximum atomic E-state index is 12.7. The third kappa shape index (κ3) is 2.89. The number of benzene rings is 1. The van der Waals surface area contributed by atoms with Crippen LogP contribution in [0.25, 0.3) is 0 Å². The summed E-state index contributed by atoms with van der Waals surface area (Å²) in [4.78, 5) is 12.7. The highest BCUT2D eigenvalue weighted by molar-refractivity contribution is 5.85. The molecule has 5 nitrogen and oxygen atoms in total. The average molecular weight is 291 g/mol. The van der Waals surface area contributed by atoms with Gasteiger partial charge in [-0.15, -0.1) is 0 Å². The molecule has 0 saturated carbocycles. The standard InChI is InChI=1S/C16H21NO4/c18-11-16(6-9-20-10-7-16)17-15(19)13-5-8-21-14-4-2-1-3-12(13)14/h1-4,13,18H,5-11H2,(H,17,19). The number of amides is 1. The predicted octanol–water partition coefficient (Wildman–Crippen LogP) is 1.21. The number of carbonyl (C=O) groups excluding carboxylic acids is 1. The van der Waals surface area contributed by atoms with Gasteiger partial charge >= 0.3 is 0 Å². The predicted molar refractivity (Wildman–Crippen MR) is 77.3 cm³/mol. The molecule has 0 radical (unpaired) electrons. The van der Waals surface area contributed by atoms with Gasteiger partial charge in [-0.3, -0.25) is 4.79 Å². The van der Waals surface area contributed by atoms with E-state index in [1.54, 1.807) is 0 Å². The molecule has 3 rings (SSSR count). The van der Waals surface area contributed by atoms with Gasteiger partial charge < -0.3 is 19.9 Å². The van der Waals surface area contributed by atoms with Crippen LogP contribution >= 0.6 is 0 Å². The second-order valence-corrected chi connectivity index (χ2v) is 5.77. The molecule has 1 aromatic carbocycles. The van der Waals surface area contributed by atoms with Crippen molar-refractivity contribution in [3.8, 4) is 5.75 Å². The number of hydrogen-bond acceptors (Lipinski definition) is 4. The third-order valence-corrected chi connectivity index (χ3v) is 4.42. The Hall–Kier alpha value is -1.59. The average Bonchev–Trinajstić information content (AvgIpc) is 2.55. The number of hydrogen-bond donors (Lipinski definition) is 2. The van der Waals surface area contributed by atoms with Crippen LogP contribution in [0.1, 0.15) is 30.7 Å². The molecule has 1 fully saturated rings. The number of ether oxygens (including phenoxy) is 2. The molecule has 21 heavy (non-hydrogen) atoms. The first kappa shape index (κ1) is 14.4. The van der Waals surface area contributed by atoms with Crippen LogP contribution in [-0.2, 0) is 9.53 Å². The van der Waals surface area contributed by atoms with Gasteiger partial charge in [-0.05, 0) is 25.3 Å². The van der Waals surface area contributed by atoms with Gasteiger partial charge in [0.15, 0.2) is 0 Å². The summed E-state index contributed by atoms with van der Waals surface area (Å²) in [7, 11) is 0. The van der Waals surface area contributed by atoms with Gasteiger partial charge in [0, 0.05) is 18.8 Å². The highest BCUT2D eigenvalue weighted by Crippen LogP contribution is 2.34. The van der Waals surface area contributed by atoms with Crippen LogP contribution in [0.15, 0.2) is 24.3 Å². The Morgan fingerprint density at radius 1 is 1.29 bits per heavy atom. The van der Waals surface area contributed by atoms with E-state index in [4.69, 9.17) is 9.47 Å². The molecule has 1 unspecified atom stereocenters. The zero-order valence-corrected chi connectivity index (χ0v) is 12.0. The molecule has 2 aliphatic heterocycles. The van der Waals surface area contributed by atoms with E-state index < -0.39 is 5.54 Å². The molecule has 2 heterocycles. The van der Waals surface area contributed by atoms with Crippen molar-refractivity contribution >= 4 is 5.91 Å². The summed E-state index contributed by atoms with van der Waals surface area (Å²) in [5.41, 5.74) is 0.393. The lowest BCUT2D eigenvalue weighted by Gasteiger charge is -2.38. The van der Waals surface area contributed by atoms with Crippen LogP contribution in [0.3, 0.4) is 0 Å². The molecule has 0 spiro atoms. The minimum absolute atomic E-state index is 0.0262. The molecular formula is C16H21NO4. The molecule has 1 saturated heterocycles. The van der Waals surface area contributed by atoms with Crippen LogP contribution in [-0.4, -0.2) is 43.0 Å². The number of para-hydroxylation sites is 1. The summed E-state index contributed by atoms with van der Waals surface area (Å²) < 4.78 is 10.9. The first-order valence-corrected chi connectivity index (χ1v) is 7.46. The van der Waals surface area contributed by atoms with Crippen LogP contribution in [0.2, 0.25) is 0 Å². The Morgan fingerprint density at radius 3 is 2.81 bits per heavy atom. The molecule has 1 atom stereocenters. The topological polar surface area (TPSA) is 67.8 Å². The summed E-state index contributed by atoms with van der Waals surface area (Å²) in [6.07, 6.45) is 1.97. The Labute approximate surface area is 124 Å². The lowest BCUT2D eigenvalue weighted by atomic mass is 9.87. The van der Waals surface area contributed by atoms with Crippen molar-refractivity contribution in [3.05, 3.63) is 29.8 Å². The lowest BCUT2D eigenvalue weighted by Crippen LogP contribution is -2.55. The summed E-state index contributed by atoms with van der Waals surface area (Å²) >= 11 is 0. The summed E-state index contributed by atoms with van der Waals surface area (Å²) in [6.45, 7) is 1.65. The number of aliphatic hydroxyl groups is 1. The highest BCUT2D eigenvalue weighted by Gasteiger charge is 2.37. The molecule has 2 N–H and O–H groups in total. The van der Waals surface area contributed by atoms with E-state index >= 15 is 0 Å². The van der Waals surface area contributed by atoms with Crippen molar-refractivity contribution in [2.45, 2.75) is 30.7 Å². The van der Waals surface area contributed by atoms with Gasteiger partial charge in [0.05, 0.1) is 24.7 Å². The Morgan fingerprint density at radius 2 is 2.05 bits per heavy atom. The molecule has 1 aromatic rings. The summed E-state index contributed by atoms with van der Waals surface area (Å²) in [5, 5.41) is 12.8. The Balaban J connectivity index is 1.77. The smallest absolute Gasteiger partial charge is 0.228 e. The number of carbonyl (C=O) groups is 1. The van der Waals surface area contributed by atoms with Crippen molar-refractivity contribution in [1.82, 2.24) is 5.32 Å². The summed E-state index contributed by atoms with van der Waals surface area (Å²) in [5.74, 6) is 0.553. The number of fused-ring (bicyclic) bond motifs is 1. The van der Waals surface area contributed by atoms with Crippen molar-refractivity contribution in [1.29, 1.82) is 0 Å². The van der Waals surface area contributed by atoms with E-state index in [0.717, 1.165) is 11.3 Å². The molecule has 0 bridgehead atoms. The molecule has 0 aromatic heterocycles. The minimum Gasteiger partial charge on any atom is -0.493 e. The minimum atomic E-state index is -0.539. The zero-order valence-electron chi connectivity index (χ0n) is 12.0. The lowest BCUT2D eigenvalue weighted by molar-refractivity contribution is -0.127. The van der Waals surface area contributed by atoms with Crippen molar-refractivity contribution < 1.29 is 19.4 Å². The molecule has 1 amide bonds. The number of rotatable bonds is 3. The Kier molecular flexibility index (Phi) is 4.12. The van der Waals surface area contributed by atoms with E-state index in [2.05, 4.69) is 5.32 Å². The van der Waals surface area contributed by atoms with Crippen LogP contribution in [0, 0.1) is 0 Å². The number of aliphatic hydroxyl groups excluding tert-OH is 1. The molecule has 0 aliphatic carbocycles. The van der Waals surface area contributed by atoms with Gasteiger partial charge in [-0.25, -0.2) is 0 Å². The maximum Gasteiger partial charge on any atom is 0.228 e. The fourth-order valence-corrected chi connectivity index (χ4v) is 3.05. The second-order valence-electron chi connectivity index (χ2n) is 5.77. The SMILES string of the molecule is O=C(NC1(CO)CCOCC1)C1CCOc2ccccc21. The second kappa shape index (κ2) is 6.03. The van der Waals surface area contributed by atoms with Crippen molar-refractivity contribution in [3.63, 3.8) is 0 Å². The van der Waals surface area contributed by atoms with Gasteiger partial charge in [0.25, 0.3) is 0 Å². The maximum absolute atomic E-state index is 12.7. The van der Waals surface area contributed by atoms with Gasteiger partial charge in [-0.2, -0.15) is 0 Å². The van der Waals surface area contributed by atoms with Crippen LogP contribution in [0.4, 0.5) is 0 Å². The molecular weight excluding hydrogens is 270 g/mol. The zero-order chi connectivity index (χ0) is 14.7. The van der Waals surface area contributed by atoms with E-state index in [0.29, 0.717) is 39.1 Å². The highest BCUT2D eigenvalue weighted by atomic mass is 16.5. The van der Waals surface area contributed by atoms with Gasteiger partial charge in [-0.1, -0.05) is 18.2 Å².